The Kier molecular flexibility index (Phi) is 6.71. The first kappa shape index (κ1) is 18.7. The summed E-state index contributed by atoms with van der Waals surface area (Å²) in [5, 5.41) is -0.112. The van der Waals surface area contributed by atoms with Gasteiger partial charge in [0.2, 0.25) is 0 Å². The number of aromatic nitrogens is 1. The summed E-state index contributed by atoms with van der Waals surface area (Å²) < 4.78 is 18.9. The Balaban J connectivity index is 2.17. The molecule has 0 aliphatic carbocycles. The Morgan fingerprint density at radius 3 is 2.68 bits per heavy atom. The van der Waals surface area contributed by atoms with Crippen molar-refractivity contribution in [3.63, 3.8) is 0 Å². The van der Waals surface area contributed by atoms with E-state index >= 15 is 0 Å². The first-order valence-corrected chi connectivity index (χ1v) is 8.05. The smallest absolute Gasteiger partial charge is 0.426 e. The number of carbonyl (C=O) groups excluding carboxylic acids is 2. The number of benzene rings is 1. The maximum atomic E-state index is 14.1. The SMILES string of the molecule is CCCCOC(=O)NNC(=O)c1c(-c2ccccc2F)ccnc1Cl. The van der Waals surface area contributed by atoms with Crippen molar-refractivity contribution in [1.82, 2.24) is 15.8 Å². The van der Waals surface area contributed by atoms with Gasteiger partial charge in [0.25, 0.3) is 5.91 Å². The molecule has 0 fully saturated rings. The molecule has 8 heteroatoms. The van der Waals surface area contributed by atoms with E-state index in [4.69, 9.17) is 16.3 Å². The number of amides is 2. The van der Waals surface area contributed by atoms with Gasteiger partial charge in [0.05, 0.1) is 12.2 Å². The van der Waals surface area contributed by atoms with Crippen LogP contribution in [0.25, 0.3) is 11.1 Å². The average Bonchev–Trinajstić information content (AvgIpc) is 2.60. The summed E-state index contributed by atoms with van der Waals surface area (Å²) in [6, 6.07) is 7.44. The van der Waals surface area contributed by atoms with E-state index in [0.717, 1.165) is 6.42 Å². The van der Waals surface area contributed by atoms with Crippen molar-refractivity contribution in [2.24, 2.45) is 0 Å². The molecule has 0 unspecified atom stereocenters. The number of hydrazine groups is 1. The molecule has 0 bridgehead atoms. The summed E-state index contributed by atoms with van der Waals surface area (Å²) in [6.07, 6.45) is 2.16. The van der Waals surface area contributed by atoms with Crippen LogP contribution in [0.2, 0.25) is 5.15 Å². The number of nitrogens with zero attached hydrogens (tertiary/aromatic N) is 1. The van der Waals surface area contributed by atoms with E-state index in [9.17, 15) is 14.0 Å². The van der Waals surface area contributed by atoms with Crippen LogP contribution in [-0.4, -0.2) is 23.6 Å². The van der Waals surface area contributed by atoms with Crippen LogP contribution in [0.5, 0.6) is 0 Å². The Labute approximate surface area is 149 Å². The number of pyridine rings is 1. The molecule has 1 heterocycles. The van der Waals surface area contributed by atoms with Gasteiger partial charge in [-0.1, -0.05) is 43.1 Å². The van der Waals surface area contributed by atoms with Crippen molar-refractivity contribution < 1.29 is 18.7 Å². The number of hydrogen-bond donors (Lipinski definition) is 2. The van der Waals surface area contributed by atoms with E-state index < -0.39 is 17.8 Å². The summed E-state index contributed by atoms with van der Waals surface area (Å²) in [5.74, 6) is -1.24. The van der Waals surface area contributed by atoms with Gasteiger partial charge in [-0.2, -0.15) is 0 Å². The molecule has 0 atom stereocenters. The highest BCUT2D eigenvalue weighted by molar-refractivity contribution is 6.33. The van der Waals surface area contributed by atoms with Gasteiger partial charge >= 0.3 is 6.09 Å². The van der Waals surface area contributed by atoms with Gasteiger partial charge in [0.15, 0.2) is 0 Å². The lowest BCUT2D eigenvalue weighted by molar-refractivity contribution is 0.0909. The van der Waals surface area contributed by atoms with Crippen molar-refractivity contribution in [3.8, 4) is 11.1 Å². The van der Waals surface area contributed by atoms with Gasteiger partial charge < -0.3 is 4.74 Å². The van der Waals surface area contributed by atoms with E-state index in [-0.39, 0.29) is 28.5 Å². The van der Waals surface area contributed by atoms with Crippen molar-refractivity contribution in [3.05, 3.63) is 53.1 Å². The fraction of sp³-hybridized carbons (Fsp3) is 0.235. The molecule has 2 amide bonds. The second-order valence-corrected chi connectivity index (χ2v) is 5.43. The number of unbranched alkanes of at least 4 members (excludes halogenated alkanes) is 1. The van der Waals surface area contributed by atoms with Gasteiger partial charge in [-0.15, -0.1) is 0 Å². The van der Waals surface area contributed by atoms with Crippen molar-refractivity contribution >= 4 is 23.6 Å². The van der Waals surface area contributed by atoms with Crippen molar-refractivity contribution in [1.29, 1.82) is 0 Å². The number of nitrogens with one attached hydrogen (secondary N) is 2. The van der Waals surface area contributed by atoms with Gasteiger partial charge in [-0.3, -0.25) is 10.2 Å². The van der Waals surface area contributed by atoms with E-state index in [2.05, 4.69) is 15.8 Å². The average molecular weight is 366 g/mol. The molecule has 132 valence electrons. The Morgan fingerprint density at radius 1 is 1.20 bits per heavy atom. The molecule has 1 aromatic heterocycles. The molecule has 2 aromatic rings. The zero-order valence-corrected chi connectivity index (χ0v) is 14.3. The number of halogens is 2. The number of rotatable bonds is 5. The van der Waals surface area contributed by atoms with Crippen LogP contribution in [-0.2, 0) is 4.74 Å². The van der Waals surface area contributed by atoms with Crippen LogP contribution < -0.4 is 10.9 Å². The molecule has 0 aliphatic rings. The minimum Gasteiger partial charge on any atom is -0.448 e. The third kappa shape index (κ3) is 4.90. The van der Waals surface area contributed by atoms with Crippen LogP contribution in [0.4, 0.5) is 9.18 Å². The fourth-order valence-electron chi connectivity index (χ4n) is 2.07. The topological polar surface area (TPSA) is 80.3 Å². The molecular formula is C17H17ClFN3O3. The first-order valence-electron chi connectivity index (χ1n) is 7.67. The van der Waals surface area contributed by atoms with Crippen molar-refractivity contribution in [2.75, 3.05) is 6.61 Å². The normalized spacial score (nSPS) is 10.2. The molecular weight excluding hydrogens is 349 g/mol. The van der Waals surface area contributed by atoms with Crippen molar-refractivity contribution in [2.45, 2.75) is 19.8 Å². The van der Waals surface area contributed by atoms with Crippen LogP contribution >= 0.6 is 11.6 Å². The lowest BCUT2D eigenvalue weighted by Gasteiger charge is -2.12. The van der Waals surface area contributed by atoms with Crippen LogP contribution in [0.1, 0.15) is 30.1 Å². The molecule has 2 N–H and O–H groups in total. The summed E-state index contributed by atoms with van der Waals surface area (Å²) in [4.78, 5) is 27.7. The van der Waals surface area contributed by atoms with E-state index in [1.54, 1.807) is 6.07 Å². The lowest BCUT2D eigenvalue weighted by Crippen LogP contribution is -2.42. The molecule has 1 aromatic carbocycles. The third-order valence-electron chi connectivity index (χ3n) is 3.30. The van der Waals surface area contributed by atoms with Crippen LogP contribution in [0.15, 0.2) is 36.5 Å². The molecule has 0 saturated carbocycles. The highest BCUT2D eigenvalue weighted by atomic mass is 35.5. The first-order chi connectivity index (χ1) is 12.0. The molecule has 6 nitrogen and oxygen atoms in total. The maximum Gasteiger partial charge on any atom is 0.426 e. The molecule has 2 rings (SSSR count). The zero-order chi connectivity index (χ0) is 18.2. The Hall–Kier alpha value is -2.67. The highest BCUT2D eigenvalue weighted by Gasteiger charge is 2.20. The number of carbonyl (C=O) groups is 2. The van der Waals surface area contributed by atoms with Crippen LogP contribution in [0, 0.1) is 5.82 Å². The Bertz CT molecular complexity index is 771. The molecule has 0 aliphatic heterocycles. The van der Waals surface area contributed by atoms with E-state index in [1.807, 2.05) is 6.92 Å². The second-order valence-electron chi connectivity index (χ2n) is 5.07. The van der Waals surface area contributed by atoms with Gasteiger partial charge in [0, 0.05) is 17.3 Å². The minimum atomic E-state index is -0.797. The summed E-state index contributed by atoms with van der Waals surface area (Å²) in [5.41, 5.74) is 4.71. The fourth-order valence-corrected chi connectivity index (χ4v) is 2.32. The highest BCUT2D eigenvalue weighted by Crippen LogP contribution is 2.29. The summed E-state index contributed by atoms with van der Waals surface area (Å²) in [7, 11) is 0. The van der Waals surface area contributed by atoms with E-state index in [1.165, 1.54) is 30.5 Å². The van der Waals surface area contributed by atoms with Gasteiger partial charge in [-0.25, -0.2) is 19.6 Å². The predicted octanol–water partition coefficient (Wildman–Crippen LogP) is 3.71. The summed E-state index contributed by atoms with van der Waals surface area (Å²) >= 11 is 6.01. The lowest BCUT2D eigenvalue weighted by atomic mass is 10.0. The third-order valence-corrected chi connectivity index (χ3v) is 3.59. The second kappa shape index (κ2) is 8.98. The molecule has 0 spiro atoms. The number of hydrogen-bond acceptors (Lipinski definition) is 4. The number of ether oxygens (including phenoxy) is 1. The predicted molar refractivity (Wildman–Crippen MR) is 91.5 cm³/mol. The largest absolute Gasteiger partial charge is 0.448 e. The summed E-state index contributed by atoms with van der Waals surface area (Å²) in [6.45, 7) is 2.20. The maximum absolute atomic E-state index is 14.1. The quantitative estimate of drug-likeness (QED) is 0.481. The zero-order valence-electron chi connectivity index (χ0n) is 13.5. The van der Waals surface area contributed by atoms with Crippen LogP contribution in [0.3, 0.4) is 0 Å². The minimum absolute atomic E-state index is 0.0527. The molecule has 0 radical (unpaired) electrons. The van der Waals surface area contributed by atoms with Gasteiger partial charge in [0.1, 0.15) is 11.0 Å². The Morgan fingerprint density at radius 2 is 1.96 bits per heavy atom. The van der Waals surface area contributed by atoms with Gasteiger partial charge in [-0.05, 0) is 18.6 Å². The molecule has 0 saturated heterocycles. The monoisotopic (exact) mass is 365 g/mol. The standard InChI is InChI=1S/C17H17ClFN3O3/c1-2-3-10-25-17(24)22-21-16(23)14-12(8-9-20-15(14)18)11-6-4-5-7-13(11)19/h4-9H,2-3,10H2,1H3,(H,21,23)(H,22,24). The molecule has 25 heavy (non-hydrogen) atoms. The van der Waals surface area contributed by atoms with E-state index in [0.29, 0.717) is 6.42 Å².